The SMILES string of the molecule is O=C(Nc1cccc(F)c1)c1cc(NS(=O)(=O)c2ccccc2)ccc1Cl. The van der Waals surface area contributed by atoms with Gasteiger partial charge >= 0.3 is 0 Å². The molecule has 0 spiro atoms. The first kappa shape index (κ1) is 18.9. The van der Waals surface area contributed by atoms with E-state index >= 15 is 0 Å². The molecule has 0 radical (unpaired) electrons. The van der Waals surface area contributed by atoms with Gasteiger partial charge in [-0.1, -0.05) is 35.9 Å². The van der Waals surface area contributed by atoms with Gasteiger partial charge in [0, 0.05) is 11.4 Å². The first-order chi connectivity index (χ1) is 12.8. The predicted octanol–water partition coefficient (Wildman–Crippen LogP) is 4.53. The third kappa shape index (κ3) is 4.64. The summed E-state index contributed by atoms with van der Waals surface area (Å²) in [5.74, 6) is -1.09. The summed E-state index contributed by atoms with van der Waals surface area (Å²) in [7, 11) is -3.81. The second-order valence-corrected chi connectivity index (χ2v) is 7.67. The minimum atomic E-state index is -3.81. The van der Waals surface area contributed by atoms with Gasteiger partial charge in [-0.2, -0.15) is 0 Å². The van der Waals surface area contributed by atoms with Crippen LogP contribution in [0, 0.1) is 5.82 Å². The van der Waals surface area contributed by atoms with Crippen molar-refractivity contribution in [2.75, 3.05) is 10.0 Å². The van der Waals surface area contributed by atoms with Gasteiger partial charge in [-0.15, -0.1) is 0 Å². The van der Waals surface area contributed by atoms with E-state index in [1.165, 1.54) is 48.5 Å². The fraction of sp³-hybridized carbons (Fsp3) is 0. The van der Waals surface area contributed by atoms with Gasteiger partial charge in [-0.3, -0.25) is 9.52 Å². The van der Waals surface area contributed by atoms with Crippen LogP contribution in [0.5, 0.6) is 0 Å². The molecule has 138 valence electrons. The van der Waals surface area contributed by atoms with Crippen LogP contribution in [0.4, 0.5) is 15.8 Å². The molecular weight excluding hydrogens is 391 g/mol. The number of benzene rings is 3. The number of carbonyl (C=O) groups is 1. The molecule has 0 aromatic heterocycles. The maximum atomic E-state index is 13.3. The van der Waals surface area contributed by atoms with Crippen molar-refractivity contribution < 1.29 is 17.6 Å². The maximum absolute atomic E-state index is 13.3. The zero-order valence-corrected chi connectivity index (χ0v) is 15.4. The molecule has 5 nitrogen and oxygen atoms in total. The monoisotopic (exact) mass is 404 g/mol. The van der Waals surface area contributed by atoms with Crippen molar-refractivity contribution in [1.82, 2.24) is 0 Å². The van der Waals surface area contributed by atoms with E-state index in [2.05, 4.69) is 10.0 Å². The average molecular weight is 405 g/mol. The first-order valence-electron chi connectivity index (χ1n) is 7.79. The zero-order chi connectivity index (χ0) is 19.4. The van der Waals surface area contributed by atoms with Gasteiger partial charge in [0.25, 0.3) is 15.9 Å². The Hall–Kier alpha value is -2.90. The van der Waals surface area contributed by atoms with Crippen LogP contribution in [0.25, 0.3) is 0 Å². The number of carbonyl (C=O) groups excluding carboxylic acids is 1. The molecule has 0 aliphatic rings. The summed E-state index contributed by atoms with van der Waals surface area (Å²) < 4.78 is 40.5. The first-order valence-corrected chi connectivity index (χ1v) is 9.65. The lowest BCUT2D eigenvalue weighted by Crippen LogP contribution is -2.15. The van der Waals surface area contributed by atoms with Crippen LogP contribution in [0.3, 0.4) is 0 Å². The normalized spacial score (nSPS) is 11.0. The molecule has 0 unspecified atom stereocenters. The summed E-state index contributed by atoms with van der Waals surface area (Å²) in [4.78, 5) is 12.5. The van der Waals surface area contributed by atoms with Crippen LogP contribution in [0.1, 0.15) is 10.4 Å². The number of hydrogen-bond acceptors (Lipinski definition) is 3. The van der Waals surface area contributed by atoms with E-state index in [9.17, 15) is 17.6 Å². The molecule has 0 atom stereocenters. The maximum Gasteiger partial charge on any atom is 0.261 e. The van der Waals surface area contributed by atoms with E-state index in [1.807, 2.05) is 0 Å². The van der Waals surface area contributed by atoms with E-state index in [1.54, 1.807) is 18.2 Å². The molecule has 0 aliphatic heterocycles. The second kappa shape index (κ2) is 7.77. The Morgan fingerprint density at radius 1 is 0.889 bits per heavy atom. The van der Waals surface area contributed by atoms with Crippen molar-refractivity contribution in [2.24, 2.45) is 0 Å². The Kier molecular flexibility index (Phi) is 5.43. The van der Waals surface area contributed by atoms with E-state index in [0.717, 1.165) is 6.07 Å². The largest absolute Gasteiger partial charge is 0.322 e. The highest BCUT2D eigenvalue weighted by molar-refractivity contribution is 7.92. The minimum Gasteiger partial charge on any atom is -0.322 e. The van der Waals surface area contributed by atoms with Crippen molar-refractivity contribution in [3.63, 3.8) is 0 Å². The van der Waals surface area contributed by atoms with E-state index < -0.39 is 21.7 Å². The van der Waals surface area contributed by atoms with Crippen molar-refractivity contribution in [3.05, 3.63) is 89.2 Å². The number of nitrogens with one attached hydrogen (secondary N) is 2. The Balaban J connectivity index is 1.85. The molecule has 1 amide bonds. The standard InChI is InChI=1S/C19H14ClFN2O3S/c20-18-10-9-15(23-27(25,26)16-7-2-1-3-8-16)12-17(18)19(24)22-14-6-4-5-13(21)11-14/h1-12,23H,(H,22,24). The topological polar surface area (TPSA) is 75.3 Å². The van der Waals surface area contributed by atoms with Crippen LogP contribution >= 0.6 is 11.6 Å². The fourth-order valence-corrected chi connectivity index (χ4v) is 3.62. The quantitative estimate of drug-likeness (QED) is 0.655. The van der Waals surface area contributed by atoms with Gasteiger partial charge in [0.2, 0.25) is 0 Å². The summed E-state index contributed by atoms with van der Waals surface area (Å²) in [6, 6.07) is 17.4. The minimum absolute atomic E-state index is 0.0502. The third-order valence-electron chi connectivity index (χ3n) is 3.60. The molecule has 0 aliphatic carbocycles. The van der Waals surface area contributed by atoms with Crippen LogP contribution in [-0.2, 0) is 10.0 Å². The molecule has 2 N–H and O–H groups in total. The predicted molar refractivity (Wildman–Crippen MR) is 103 cm³/mol. The molecular formula is C19H14ClFN2O3S. The number of rotatable bonds is 5. The molecule has 3 rings (SSSR count). The Labute approximate surface area is 160 Å². The average Bonchev–Trinajstić information content (AvgIpc) is 2.64. The number of anilines is 2. The summed E-state index contributed by atoms with van der Waals surface area (Å²) in [5, 5.41) is 2.65. The van der Waals surface area contributed by atoms with Crippen LogP contribution in [0.15, 0.2) is 77.7 Å². The van der Waals surface area contributed by atoms with Gasteiger partial charge in [0.1, 0.15) is 5.82 Å². The van der Waals surface area contributed by atoms with Crippen molar-refractivity contribution in [1.29, 1.82) is 0 Å². The molecule has 3 aromatic carbocycles. The van der Waals surface area contributed by atoms with Crippen LogP contribution in [0.2, 0.25) is 5.02 Å². The highest BCUT2D eigenvalue weighted by atomic mass is 35.5. The number of hydrogen-bond donors (Lipinski definition) is 2. The molecule has 0 heterocycles. The Morgan fingerprint density at radius 2 is 1.63 bits per heavy atom. The Bertz CT molecular complexity index is 1090. The number of sulfonamides is 1. The van der Waals surface area contributed by atoms with E-state index in [4.69, 9.17) is 11.6 Å². The summed E-state index contributed by atoms with van der Waals surface area (Å²) in [6.07, 6.45) is 0. The molecule has 0 fully saturated rings. The summed E-state index contributed by atoms with van der Waals surface area (Å²) >= 11 is 6.06. The number of amides is 1. The lowest BCUT2D eigenvalue weighted by molar-refractivity contribution is 0.102. The summed E-state index contributed by atoms with van der Waals surface area (Å²) in [5.41, 5.74) is 0.480. The zero-order valence-electron chi connectivity index (χ0n) is 13.8. The molecule has 0 saturated heterocycles. The fourth-order valence-electron chi connectivity index (χ4n) is 2.34. The Morgan fingerprint density at radius 3 is 2.33 bits per heavy atom. The lowest BCUT2D eigenvalue weighted by atomic mass is 10.2. The molecule has 0 bridgehead atoms. The third-order valence-corrected chi connectivity index (χ3v) is 5.33. The summed E-state index contributed by atoms with van der Waals surface area (Å²) in [6.45, 7) is 0. The van der Waals surface area contributed by atoms with Gasteiger partial charge in [-0.05, 0) is 48.5 Å². The highest BCUT2D eigenvalue weighted by Gasteiger charge is 2.17. The second-order valence-electron chi connectivity index (χ2n) is 5.58. The molecule has 27 heavy (non-hydrogen) atoms. The van der Waals surface area contributed by atoms with Crippen molar-refractivity contribution >= 4 is 38.9 Å². The van der Waals surface area contributed by atoms with Crippen LogP contribution in [-0.4, -0.2) is 14.3 Å². The van der Waals surface area contributed by atoms with Gasteiger partial charge in [0.05, 0.1) is 15.5 Å². The van der Waals surface area contributed by atoms with E-state index in [0.29, 0.717) is 0 Å². The van der Waals surface area contributed by atoms with E-state index in [-0.39, 0.29) is 26.9 Å². The van der Waals surface area contributed by atoms with Crippen molar-refractivity contribution in [3.8, 4) is 0 Å². The van der Waals surface area contributed by atoms with Gasteiger partial charge in [-0.25, -0.2) is 12.8 Å². The van der Waals surface area contributed by atoms with Gasteiger partial charge < -0.3 is 5.32 Å². The lowest BCUT2D eigenvalue weighted by Gasteiger charge is -2.11. The van der Waals surface area contributed by atoms with Crippen molar-refractivity contribution in [2.45, 2.75) is 4.90 Å². The molecule has 3 aromatic rings. The molecule has 0 saturated carbocycles. The number of halogens is 2. The molecule has 8 heteroatoms. The van der Waals surface area contributed by atoms with Gasteiger partial charge in [0.15, 0.2) is 0 Å². The highest BCUT2D eigenvalue weighted by Crippen LogP contribution is 2.24. The smallest absolute Gasteiger partial charge is 0.261 e. The van der Waals surface area contributed by atoms with Crippen LogP contribution < -0.4 is 10.0 Å².